The van der Waals surface area contributed by atoms with Crippen molar-refractivity contribution in [3.05, 3.63) is 86.1 Å². The molecular formula is C38H44Br2N8O4. The average Bonchev–Trinajstić information content (AvgIpc) is 3.75. The number of aromatic carboxylic acids is 1. The van der Waals surface area contributed by atoms with Crippen molar-refractivity contribution in [2.45, 2.75) is 63.6 Å². The van der Waals surface area contributed by atoms with Crippen LogP contribution in [0.3, 0.4) is 0 Å². The molecule has 2 saturated heterocycles. The molecule has 0 aliphatic carbocycles. The summed E-state index contributed by atoms with van der Waals surface area (Å²) in [6.07, 6.45) is 5.88. The Morgan fingerprint density at radius 3 is 2.44 bits per heavy atom. The maximum Gasteiger partial charge on any atom is 0.335 e. The number of piperidine rings is 1. The Labute approximate surface area is 320 Å². The van der Waals surface area contributed by atoms with E-state index in [1.54, 1.807) is 12.1 Å². The van der Waals surface area contributed by atoms with E-state index in [1.165, 1.54) is 12.8 Å². The van der Waals surface area contributed by atoms with Crippen molar-refractivity contribution in [3.8, 4) is 0 Å². The topological polar surface area (TPSA) is 149 Å². The lowest BCUT2D eigenvalue weighted by Gasteiger charge is -2.38. The number of urea groups is 2. The first kappa shape index (κ1) is 36.2. The summed E-state index contributed by atoms with van der Waals surface area (Å²) in [5.41, 5.74) is 11.3. The molecule has 3 aliphatic heterocycles. The van der Waals surface area contributed by atoms with Gasteiger partial charge in [-0.15, -0.1) is 0 Å². The molecule has 14 heteroatoms. The fourth-order valence-corrected chi connectivity index (χ4v) is 9.08. The van der Waals surface area contributed by atoms with Crippen LogP contribution in [0.15, 0.2) is 63.5 Å². The van der Waals surface area contributed by atoms with Crippen LogP contribution in [0.5, 0.6) is 0 Å². The number of carboxylic acids is 1. The number of likely N-dealkylation sites (tertiary alicyclic amines) is 2. The number of nitrogen functional groups attached to an aromatic ring is 1. The Hall–Kier alpha value is -4.14. The summed E-state index contributed by atoms with van der Waals surface area (Å²) in [6, 6.07) is 16.1. The molecule has 12 nitrogen and oxygen atoms in total. The van der Waals surface area contributed by atoms with Gasteiger partial charge in [0.1, 0.15) is 5.82 Å². The second-order valence-electron chi connectivity index (χ2n) is 14.0. The van der Waals surface area contributed by atoms with Crippen molar-refractivity contribution in [1.82, 2.24) is 29.6 Å². The summed E-state index contributed by atoms with van der Waals surface area (Å²) in [6.45, 7) is 5.48. The number of carboxylic acid groups (broad SMARTS) is 1. The van der Waals surface area contributed by atoms with E-state index in [0.29, 0.717) is 62.5 Å². The highest BCUT2D eigenvalue weighted by atomic mass is 79.9. The molecule has 274 valence electrons. The van der Waals surface area contributed by atoms with Gasteiger partial charge >= 0.3 is 18.0 Å². The Morgan fingerprint density at radius 2 is 1.71 bits per heavy atom. The number of anilines is 2. The fourth-order valence-electron chi connectivity index (χ4n) is 7.80. The van der Waals surface area contributed by atoms with Crippen LogP contribution in [0.1, 0.15) is 65.5 Å². The molecule has 0 bridgehead atoms. The molecule has 2 fully saturated rings. The predicted octanol–water partition coefficient (Wildman–Crippen LogP) is 6.88. The van der Waals surface area contributed by atoms with Gasteiger partial charge in [-0.05, 0) is 138 Å². The third-order valence-corrected chi connectivity index (χ3v) is 11.9. The number of hydrogen-bond acceptors (Lipinski definition) is 6. The van der Waals surface area contributed by atoms with Gasteiger partial charge < -0.3 is 40.7 Å². The minimum absolute atomic E-state index is 0.0295. The number of carbonyl (C=O) groups excluding carboxylic acids is 2. The molecule has 0 unspecified atom stereocenters. The molecule has 4 heterocycles. The van der Waals surface area contributed by atoms with Gasteiger partial charge in [-0.3, -0.25) is 0 Å². The van der Waals surface area contributed by atoms with Gasteiger partial charge in [0.05, 0.1) is 28.3 Å². The van der Waals surface area contributed by atoms with E-state index < -0.39 is 12.0 Å². The molecule has 1 aromatic heterocycles. The van der Waals surface area contributed by atoms with Crippen molar-refractivity contribution in [1.29, 1.82) is 0 Å². The monoisotopic (exact) mass is 834 g/mol. The number of imidazole rings is 1. The number of fused-ring (bicyclic) bond motifs is 2. The van der Waals surface area contributed by atoms with Crippen molar-refractivity contribution in [2.24, 2.45) is 0 Å². The Morgan fingerprint density at radius 1 is 0.981 bits per heavy atom. The number of amides is 4. The van der Waals surface area contributed by atoms with Crippen LogP contribution in [0.2, 0.25) is 0 Å². The predicted molar refractivity (Wildman–Crippen MR) is 209 cm³/mol. The summed E-state index contributed by atoms with van der Waals surface area (Å²) >= 11 is 7.16. The molecular weight excluding hydrogens is 792 g/mol. The number of nitrogens with two attached hydrogens (primary N) is 1. The number of benzene rings is 3. The third-order valence-electron chi connectivity index (χ3n) is 10.6. The van der Waals surface area contributed by atoms with Gasteiger partial charge in [0, 0.05) is 53.3 Å². The van der Waals surface area contributed by atoms with Crippen LogP contribution in [0, 0.1) is 0 Å². The molecule has 0 spiro atoms. The van der Waals surface area contributed by atoms with Crippen molar-refractivity contribution < 1.29 is 19.5 Å². The lowest BCUT2D eigenvalue weighted by atomic mass is 10.0. The van der Waals surface area contributed by atoms with Crippen LogP contribution in [0.4, 0.5) is 21.0 Å². The summed E-state index contributed by atoms with van der Waals surface area (Å²) in [5.74, 6) is -0.342. The summed E-state index contributed by atoms with van der Waals surface area (Å²) in [7, 11) is 0. The second-order valence-corrected chi connectivity index (χ2v) is 15.7. The van der Waals surface area contributed by atoms with E-state index in [0.717, 1.165) is 63.8 Å². The molecule has 3 aromatic carbocycles. The smallest absolute Gasteiger partial charge is 0.335 e. The number of rotatable bonds is 10. The van der Waals surface area contributed by atoms with E-state index in [9.17, 15) is 19.5 Å². The highest BCUT2D eigenvalue weighted by Crippen LogP contribution is 2.33. The SMILES string of the molecule is Nc1c(Br)cc(C[C@@H](NC(=O)N2CCC(N3CCc4ccccc4NC3=O)CC2)c2nc3cc(C(=O)O)ccc3n2CCCN2CCCC2)cc1Br. The molecule has 0 radical (unpaired) electrons. The van der Waals surface area contributed by atoms with Gasteiger partial charge in [0.15, 0.2) is 0 Å². The number of carbonyl (C=O) groups is 3. The average molecular weight is 837 g/mol. The quantitative estimate of drug-likeness (QED) is 0.127. The van der Waals surface area contributed by atoms with Crippen LogP contribution >= 0.6 is 31.9 Å². The van der Waals surface area contributed by atoms with Crippen molar-refractivity contribution in [3.63, 3.8) is 0 Å². The van der Waals surface area contributed by atoms with Gasteiger partial charge in [0.2, 0.25) is 0 Å². The van der Waals surface area contributed by atoms with Gasteiger partial charge in [0.25, 0.3) is 0 Å². The zero-order chi connectivity index (χ0) is 36.4. The zero-order valence-corrected chi connectivity index (χ0v) is 32.2. The summed E-state index contributed by atoms with van der Waals surface area (Å²) in [5, 5.41) is 16.1. The molecule has 3 aliphatic rings. The Kier molecular flexibility index (Phi) is 11.0. The second kappa shape index (κ2) is 15.8. The first-order chi connectivity index (χ1) is 25.1. The van der Waals surface area contributed by atoms with Gasteiger partial charge in [-0.25, -0.2) is 19.4 Å². The number of hydrogen-bond donors (Lipinski definition) is 4. The number of nitrogens with zero attached hydrogens (tertiary/aromatic N) is 5. The molecule has 4 amide bonds. The van der Waals surface area contributed by atoms with Crippen LogP contribution in [-0.4, -0.2) is 92.7 Å². The minimum atomic E-state index is -1.01. The number of aromatic nitrogens is 2. The van der Waals surface area contributed by atoms with Crippen LogP contribution < -0.4 is 16.4 Å². The van der Waals surface area contributed by atoms with E-state index in [1.807, 2.05) is 46.2 Å². The fraction of sp³-hybridized carbons (Fsp3) is 0.421. The van der Waals surface area contributed by atoms with E-state index in [-0.39, 0.29) is 23.7 Å². The Balaban J connectivity index is 1.13. The number of aryl methyl sites for hydroxylation is 1. The first-order valence-corrected chi connectivity index (χ1v) is 19.6. The first-order valence-electron chi connectivity index (χ1n) is 18.0. The van der Waals surface area contributed by atoms with E-state index in [2.05, 4.69) is 58.0 Å². The standard InChI is InChI=1S/C38H44Br2N8O4/c39-28-20-24(21-29(40)34(28)41)22-32(35-42-31-23-26(36(49)50)8-9-33(31)48(35)16-5-15-45-13-3-4-14-45)44-37(51)46-17-11-27(12-18-46)47-19-10-25-6-1-2-7-30(25)43-38(47)52/h1-2,6-9,20-21,23,27,32H,3-5,10-19,22,41H2,(H,43,52)(H,44,51)(H,49,50)/t32-/m1/s1. The number of halogens is 2. The number of nitrogens with one attached hydrogen (secondary N) is 2. The van der Waals surface area contributed by atoms with Crippen molar-refractivity contribution in [2.75, 3.05) is 50.3 Å². The molecule has 52 heavy (non-hydrogen) atoms. The van der Waals surface area contributed by atoms with Gasteiger partial charge in [-0.2, -0.15) is 0 Å². The molecule has 5 N–H and O–H groups in total. The molecule has 4 aromatic rings. The summed E-state index contributed by atoms with van der Waals surface area (Å²) in [4.78, 5) is 50.5. The lowest BCUT2D eigenvalue weighted by Crippen LogP contribution is -2.52. The highest BCUT2D eigenvalue weighted by molar-refractivity contribution is 9.11. The maximum absolute atomic E-state index is 14.1. The Bertz CT molecular complexity index is 1950. The molecule has 7 rings (SSSR count). The van der Waals surface area contributed by atoms with Crippen LogP contribution in [-0.2, 0) is 19.4 Å². The molecule has 0 saturated carbocycles. The summed E-state index contributed by atoms with van der Waals surface area (Å²) < 4.78 is 3.63. The molecule has 1 atom stereocenters. The van der Waals surface area contributed by atoms with Crippen molar-refractivity contribution >= 4 is 72.3 Å². The number of para-hydroxylation sites is 1. The van der Waals surface area contributed by atoms with Gasteiger partial charge in [-0.1, -0.05) is 18.2 Å². The third kappa shape index (κ3) is 7.93. The normalized spacial score (nSPS) is 17.5. The van der Waals surface area contributed by atoms with Crippen LogP contribution in [0.25, 0.3) is 11.0 Å². The largest absolute Gasteiger partial charge is 0.478 e. The lowest BCUT2D eigenvalue weighted by molar-refractivity contribution is 0.0697. The van der Waals surface area contributed by atoms with E-state index >= 15 is 0 Å². The zero-order valence-electron chi connectivity index (χ0n) is 29.0. The minimum Gasteiger partial charge on any atom is -0.478 e. The van der Waals surface area contributed by atoms with E-state index in [4.69, 9.17) is 10.7 Å². The highest BCUT2D eigenvalue weighted by Gasteiger charge is 2.33. The maximum atomic E-state index is 14.1.